The van der Waals surface area contributed by atoms with E-state index < -0.39 is 53.7 Å². The van der Waals surface area contributed by atoms with Gasteiger partial charge in [0.25, 0.3) is 20.2 Å². The summed E-state index contributed by atoms with van der Waals surface area (Å²) in [5, 5.41) is 14.4. The van der Waals surface area contributed by atoms with Crippen LogP contribution in [0.1, 0.15) is 59.2 Å². The summed E-state index contributed by atoms with van der Waals surface area (Å²) in [4.78, 5) is 18.2. The van der Waals surface area contributed by atoms with Crippen LogP contribution in [0, 0.1) is 19.8 Å². The number of carbonyl (C=O) groups is 1. The van der Waals surface area contributed by atoms with Crippen LogP contribution in [0.2, 0.25) is 5.02 Å². The number of pyridine rings is 1. The van der Waals surface area contributed by atoms with E-state index in [1.165, 1.54) is 49.7 Å². The molecule has 68 heavy (non-hydrogen) atoms. The van der Waals surface area contributed by atoms with E-state index in [0.29, 0.717) is 11.1 Å². The largest absolute Gasteiger partial charge is 0.488 e. The third-order valence-corrected chi connectivity index (χ3v) is 16.0. The number of sulfone groups is 1. The number of ether oxygens (including phenoxy) is 3. The normalized spacial score (nSPS) is 13.8. The molecule has 1 fully saturated rings. The average molecular weight is 1020 g/mol. The summed E-state index contributed by atoms with van der Waals surface area (Å²) in [6, 6.07) is 16.4. The predicted octanol–water partition coefficient (Wildman–Crippen LogP) is 5.18. The Balaban J connectivity index is 1.15. The van der Waals surface area contributed by atoms with E-state index in [2.05, 4.69) is 25.9 Å². The number of nitrogens with one attached hydrogen (secondary N) is 2. The van der Waals surface area contributed by atoms with Crippen molar-refractivity contribution < 1.29 is 53.4 Å². The van der Waals surface area contributed by atoms with Crippen LogP contribution in [0.25, 0.3) is 11.1 Å². The summed E-state index contributed by atoms with van der Waals surface area (Å²) in [5.74, 6) is 1.17. The minimum Gasteiger partial charge on any atom is -0.488 e. The van der Waals surface area contributed by atoms with Gasteiger partial charge in [0.1, 0.15) is 42.8 Å². The molecule has 23 heteroatoms. The number of aromatic nitrogens is 4. The second-order valence-electron chi connectivity index (χ2n) is 16.8. The molecule has 0 aliphatic carbocycles. The van der Waals surface area contributed by atoms with Gasteiger partial charge in [0, 0.05) is 48.9 Å². The van der Waals surface area contributed by atoms with Gasteiger partial charge in [-0.3, -0.25) is 28.5 Å². The third kappa shape index (κ3) is 14.7. The van der Waals surface area contributed by atoms with Crippen molar-refractivity contribution in [3.8, 4) is 28.4 Å². The number of hydrogen-bond acceptors (Lipinski definition) is 15. The van der Waals surface area contributed by atoms with E-state index in [1.54, 1.807) is 12.1 Å². The quantitative estimate of drug-likeness (QED) is 0.0615. The van der Waals surface area contributed by atoms with Crippen LogP contribution in [-0.4, -0.2) is 109 Å². The zero-order valence-corrected chi connectivity index (χ0v) is 41.3. The van der Waals surface area contributed by atoms with Gasteiger partial charge >= 0.3 is 0 Å². The SMILES string of the molecule is Cc1c(COc2cc(OCc3cncc(S(C)(=O)=O)c3)c(CN(C)CC(=O)NCC(S(=O)(=O)O)S(=O)(=O)O)cc2Cl)cccc1-c1cccc(OCc2cn(CCCC3CCNCC3)nn2)c1C. The fourth-order valence-electron chi connectivity index (χ4n) is 7.79. The van der Waals surface area contributed by atoms with Gasteiger partial charge in [-0.25, -0.2) is 8.42 Å². The first-order valence-corrected chi connectivity index (χ1v) is 26.9. The Morgan fingerprint density at radius 2 is 1.56 bits per heavy atom. The zero-order valence-electron chi connectivity index (χ0n) is 38.1. The summed E-state index contributed by atoms with van der Waals surface area (Å²) in [6.45, 7) is 5.77. The highest BCUT2D eigenvalue weighted by atomic mass is 35.5. The van der Waals surface area contributed by atoms with E-state index in [0.717, 1.165) is 77.5 Å². The van der Waals surface area contributed by atoms with Crippen molar-refractivity contribution in [1.82, 2.24) is 35.5 Å². The Morgan fingerprint density at radius 3 is 2.26 bits per heavy atom. The second-order valence-corrected chi connectivity index (χ2v) is 22.7. The second kappa shape index (κ2) is 22.9. The fraction of sp³-hybridized carbons (Fsp3) is 0.422. The molecule has 0 radical (unpaired) electrons. The van der Waals surface area contributed by atoms with Gasteiger partial charge in [-0.15, -0.1) is 5.10 Å². The number of amides is 1. The van der Waals surface area contributed by atoms with Gasteiger partial charge in [0.05, 0.1) is 29.2 Å². The lowest BCUT2D eigenvalue weighted by Crippen LogP contribution is -2.44. The molecule has 0 saturated carbocycles. The summed E-state index contributed by atoms with van der Waals surface area (Å²) < 4.78 is 107. The minimum absolute atomic E-state index is 0.00348. The predicted molar refractivity (Wildman–Crippen MR) is 254 cm³/mol. The number of benzene rings is 3. The van der Waals surface area contributed by atoms with Gasteiger partial charge in [-0.2, -0.15) is 16.8 Å². The first-order valence-electron chi connectivity index (χ1n) is 21.7. The molecule has 1 aliphatic rings. The molecule has 3 aromatic carbocycles. The fourth-order valence-corrected chi connectivity index (χ4v) is 10.5. The van der Waals surface area contributed by atoms with Crippen molar-refractivity contribution in [3.05, 3.63) is 112 Å². The van der Waals surface area contributed by atoms with Crippen LogP contribution in [-0.2, 0) is 67.8 Å². The molecule has 0 bridgehead atoms. The van der Waals surface area contributed by atoms with E-state index in [9.17, 15) is 39.2 Å². The molecule has 4 N–H and O–H groups in total. The highest BCUT2D eigenvalue weighted by Crippen LogP contribution is 2.37. The molecule has 5 aromatic rings. The van der Waals surface area contributed by atoms with Crippen LogP contribution < -0.4 is 24.8 Å². The number of halogens is 1. The van der Waals surface area contributed by atoms with Crippen molar-refractivity contribution in [2.75, 3.05) is 39.5 Å². The number of likely N-dealkylation sites (N-methyl/N-ethyl adjacent to an activating group) is 1. The van der Waals surface area contributed by atoms with Gasteiger partial charge in [-0.1, -0.05) is 47.1 Å². The molecular formula is C45H56ClN7O12S3. The average Bonchev–Trinajstić information content (AvgIpc) is 3.72. The summed E-state index contributed by atoms with van der Waals surface area (Å²) >= 11 is 6.81. The van der Waals surface area contributed by atoms with Gasteiger partial charge in [0.2, 0.25) is 10.5 Å². The molecule has 19 nitrogen and oxygen atoms in total. The first-order chi connectivity index (χ1) is 32.2. The minimum atomic E-state index is -5.26. The number of nitrogens with zero attached hydrogens (tertiary/aromatic N) is 5. The van der Waals surface area contributed by atoms with Crippen molar-refractivity contribution >= 4 is 47.6 Å². The number of aryl methyl sites for hydroxylation is 1. The molecule has 1 aliphatic heterocycles. The lowest BCUT2D eigenvalue weighted by molar-refractivity contribution is -0.121. The first kappa shape index (κ1) is 52.2. The maximum absolute atomic E-state index is 12.7. The summed E-state index contributed by atoms with van der Waals surface area (Å²) in [5.41, 5.74) is 6.37. The Hall–Kier alpha value is -5.20. The molecule has 6 rings (SSSR count). The van der Waals surface area contributed by atoms with Crippen LogP contribution in [0.3, 0.4) is 0 Å². The number of rotatable bonds is 23. The van der Waals surface area contributed by atoms with Crippen molar-refractivity contribution in [3.63, 3.8) is 0 Å². The van der Waals surface area contributed by atoms with E-state index in [1.807, 2.05) is 61.1 Å². The smallest absolute Gasteiger partial charge is 0.286 e. The number of carbonyl (C=O) groups excluding carboxylic acids is 1. The Kier molecular flexibility index (Phi) is 17.6. The van der Waals surface area contributed by atoms with Crippen molar-refractivity contribution in [2.45, 2.75) is 81.9 Å². The lowest BCUT2D eigenvalue weighted by atomic mass is 9.93. The number of piperidine rings is 1. The standard InChI is InChI=1S/C45H56ClN7O12S3/c1-30-34(9-5-10-38(30)39-11-6-12-41(31(39)2)65-29-36-25-53(51-50-36)17-7-8-32-13-15-47-16-14-32)28-64-43-20-42(63-27-33-18-37(22-48-21-33)66(4,55)56)35(19-40(43)46)24-52(3)26-44(54)49-23-45(67(57,58)59)68(60,61)62/h5-6,9-12,18-22,25,32,45,47H,7-8,13-17,23-24,26-29H2,1-4H3,(H,49,54)(H,57,58,59)(H,60,61,62). The summed E-state index contributed by atoms with van der Waals surface area (Å²) in [6.07, 6.45) is 10.4. The molecule has 1 amide bonds. The van der Waals surface area contributed by atoms with Crippen molar-refractivity contribution in [2.24, 2.45) is 5.92 Å². The Morgan fingerprint density at radius 1 is 0.882 bits per heavy atom. The maximum Gasteiger partial charge on any atom is 0.286 e. The summed E-state index contributed by atoms with van der Waals surface area (Å²) in [7, 11) is -12.6. The molecule has 368 valence electrons. The van der Waals surface area contributed by atoms with E-state index >= 15 is 0 Å². The van der Waals surface area contributed by atoms with E-state index in [-0.39, 0.29) is 47.8 Å². The molecular weight excluding hydrogens is 962 g/mol. The highest BCUT2D eigenvalue weighted by Gasteiger charge is 2.36. The van der Waals surface area contributed by atoms with E-state index in [4.69, 9.17) is 25.8 Å². The maximum atomic E-state index is 12.7. The van der Waals surface area contributed by atoms with Gasteiger partial charge < -0.3 is 24.8 Å². The zero-order chi connectivity index (χ0) is 49.2. The lowest BCUT2D eigenvalue weighted by Gasteiger charge is -2.22. The van der Waals surface area contributed by atoms with Gasteiger partial charge in [-0.05, 0) is 112 Å². The van der Waals surface area contributed by atoms with Crippen LogP contribution in [0.15, 0.2) is 78.1 Å². The third-order valence-electron chi connectivity index (χ3n) is 11.5. The van der Waals surface area contributed by atoms with Crippen molar-refractivity contribution in [1.29, 1.82) is 0 Å². The monoisotopic (exact) mass is 1020 g/mol. The van der Waals surface area contributed by atoms with Crippen LogP contribution in [0.5, 0.6) is 17.2 Å². The molecule has 1 saturated heterocycles. The molecule has 2 aromatic heterocycles. The van der Waals surface area contributed by atoms with Crippen LogP contribution in [0.4, 0.5) is 0 Å². The highest BCUT2D eigenvalue weighted by molar-refractivity contribution is 8.04. The molecule has 0 unspecified atom stereocenters. The van der Waals surface area contributed by atoms with Gasteiger partial charge in [0.15, 0.2) is 9.84 Å². The van der Waals surface area contributed by atoms with Crippen LogP contribution >= 0.6 is 11.6 Å². The Labute approximate surface area is 402 Å². The topological polar surface area (TPSA) is 259 Å². The Bertz CT molecular complexity index is 2880. The molecule has 3 heterocycles. The number of hydrogen-bond donors (Lipinski definition) is 4. The molecule has 0 spiro atoms. The molecule has 0 atom stereocenters.